The van der Waals surface area contributed by atoms with Crippen molar-refractivity contribution in [3.05, 3.63) is 24.3 Å². The van der Waals surface area contributed by atoms with Crippen LogP contribution in [0.3, 0.4) is 0 Å². The summed E-state index contributed by atoms with van der Waals surface area (Å²) in [5, 5.41) is 6.25. The summed E-state index contributed by atoms with van der Waals surface area (Å²) in [6, 6.07) is 7.93. The third-order valence-corrected chi connectivity index (χ3v) is 3.92. The van der Waals surface area contributed by atoms with Crippen LogP contribution < -0.4 is 10.6 Å². The molecule has 2 rings (SSSR count). The van der Waals surface area contributed by atoms with Crippen LogP contribution in [0.4, 0.5) is 5.69 Å². The van der Waals surface area contributed by atoms with Gasteiger partial charge in [-0.3, -0.25) is 4.79 Å². The molecule has 0 aromatic heterocycles. The summed E-state index contributed by atoms with van der Waals surface area (Å²) in [6.07, 6.45) is 4.00. The zero-order chi connectivity index (χ0) is 12.3. The molecule has 1 saturated heterocycles. The van der Waals surface area contributed by atoms with Crippen LogP contribution in [-0.4, -0.2) is 24.2 Å². The maximum absolute atomic E-state index is 12.2. The normalized spacial score (nSPS) is 23.6. The highest BCUT2D eigenvalue weighted by Crippen LogP contribution is 2.23. The Morgan fingerprint density at radius 1 is 1.53 bits per heavy atom. The van der Waals surface area contributed by atoms with Crippen molar-refractivity contribution in [3.63, 3.8) is 0 Å². The fraction of sp³-hybridized carbons (Fsp3) is 0.462. The lowest BCUT2D eigenvalue weighted by molar-refractivity contribution is -0.121. The Morgan fingerprint density at radius 3 is 3.00 bits per heavy atom. The number of carbonyl (C=O) groups is 1. The molecule has 1 fully saturated rings. The molecule has 1 unspecified atom stereocenters. The Balaban J connectivity index is 2.07. The van der Waals surface area contributed by atoms with Gasteiger partial charge in [0.1, 0.15) is 0 Å². The third-order valence-electron chi connectivity index (χ3n) is 3.20. The molecular weight excluding hydrogens is 232 g/mol. The minimum atomic E-state index is -0.407. The van der Waals surface area contributed by atoms with Crippen molar-refractivity contribution in [2.75, 3.05) is 18.1 Å². The number of thioether (sulfide) groups is 1. The number of hydrogen-bond acceptors (Lipinski definition) is 3. The number of amides is 1. The fourth-order valence-corrected chi connectivity index (χ4v) is 2.52. The van der Waals surface area contributed by atoms with E-state index < -0.39 is 5.54 Å². The zero-order valence-corrected chi connectivity index (χ0v) is 11.1. The van der Waals surface area contributed by atoms with Gasteiger partial charge in [0.2, 0.25) is 5.91 Å². The molecule has 92 valence electrons. The standard InChI is InChI=1S/C13H18N2OS/c1-13(7-4-8-14-13)12(16)15-10-5-3-6-11(9-10)17-2/h3,5-6,9,14H,4,7-8H2,1-2H3,(H,15,16). The van der Waals surface area contributed by atoms with Crippen LogP contribution in [0.2, 0.25) is 0 Å². The number of carbonyl (C=O) groups excluding carboxylic acids is 1. The molecule has 0 spiro atoms. The van der Waals surface area contributed by atoms with E-state index in [-0.39, 0.29) is 5.91 Å². The quantitative estimate of drug-likeness (QED) is 0.810. The first kappa shape index (κ1) is 12.5. The molecule has 1 aromatic carbocycles. The van der Waals surface area contributed by atoms with Gasteiger partial charge in [-0.05, 0) is 50.8 Å². The highest BCUT2D eigenvalue weighted by molar-refractivity contribution is 7.98. The largest absolute Gasteiger partial charge is 0.324 e. The van der Waals surface area contributed by atoms with Crippen molar-refractivity contribution in [2.24, 2.45) is 0 Å². The second-order valence-electron chi connectivity index (χ2n) is 4.55. The number of nitrogens with one attached hydrogen (secondary N) is 2. The summed E-state index contributed by atoms with van der Waals surface area (Å²) in [4.78, 5) is 13.3. The van der Waals surface area contributed by atoms with Crippen LogP contribution in [-0.2, 0) is 4.79 Å². The van der Waals surface area contributed by atoms with Crippen LogP contribution in [0, 0.1) is 0 Å². The summed E-state index contributed by atoms with van der Waals surface area (Å²) in [5.41, 5.74) is 0.465. The van der Waals surface area contributed by atoms with Crippen LogP contribution in [0.25, 0.3) is 0 Å². The molecule has 0 radical (unpaired) electrons. The predicted molar refractivity (Wildman–Crippen MR) is 72.5 cm³/mol. The van der Waals surface area contributed by atoms with E-state index in [2.05, 4.69) is 10.6 Å². The molecule has 0 bridgehead atoms. The van der Waals surface area contributed by atoms with Crippen molar-refractivity contribution in [2.45, 2.75) is 30.2 Å². The zero-order valence-electron chi connectivity index (χ0n) is 10.2. The van der Waals surface area contributed by atoms with Gasteiger partial charge >= 0.3 is 0 Å². The Morgan fingerprint density at radius 2 is 2.35 bits per heavy atom. The van der Waals surface area contributed by atoms with Crippen LogP contribution in [0.1, 0.15) is 19.8 Å². The summed E-state index contributed by atoms with van der Waals surface area (Å²) in [7, 11) is 0. The Bertz CT molecular complexity index is 414. The molecule has 4 heteroatoms. The molecular formula is C13H18N2OS. The van der Waals surface area contributed by atoms with E-state index in [1.807, 2.05) is 37.4 Å². The smallest absolute Gasteiger partial charge is 0.244 e. The first-order valence-electron chi connectivity index (χ1n) is 5.84. The molecule has 0 saturated carbocycles. The SMILES string of the molecule is CSc1cccc(NC(=O)C2(C)CCCN2)c1. The number of benzene rings is 1. The van der Waals surface area contributed by atoms with Gasteiger partial charge in [-0.2, -0.15) is 0 Å². The van der Waals surface area contributed by atoms with Crippen molar-refractivity contribution in [3.8, 4) is 0 Å². The van der Waals surface area contributed by atoms with E-state index in [0.29, 0.717) is 0 Å². The topological polar surface area (TPSA) is 41.1 Å². The maximum Gasteiger partial charge on any atom is 0.244 e. The van der Waals surface area contributed by atoms with Gasteiger partial charge in [-0.1, -0.05) is 6.07 Å². The summed E-state index contributed by atoms with van der Waals surface area (Å²) >= 11 is 1.67. The van der Waals surface area contributed by atoms with Gasteiger partial charge in [0.25, 0.3) is 0 Å². The maximum atomic E-state index is 12.2. The second-order valence-corrected chi connectivity index (χ2v) is 5.43. The van der Waals surface area contributed by atoms with E-state index in [1.54, 1.807) is 11.8 Å². The van der Waals surface area contributed by atoms with E-state index in [1.165, 1.54) is 0 Å². The Labute approximate surface area is 106 Å². The number of hydrogen-bond donors (Lipinski definition) is 2. The molecule has 1 aliphatic rings. The average molecular weight is 250 g/mol. The molecule has 1 atom stereocenters. The fourth-order valence-electron chi connectivity index (χ4n) is 2.06. The summed E-state index contributed by atoms with van der Waals surface area (Å²) in [5.74, 6) is 0.0632. The van der Waals surface area contributed by atoms with Crippen LogP contribution in [0.15, 0.2) is 29.2 Å². The van der Waals surface area contributed by atoms with Gasteiger partial charge in [-0.15, -0.1) is 11.8 Å². The highest BCUT2D eigenvalue weighted by Gasteiger charge is 2.35. The summed E-state index contributed by atoms with van der Waals surface area (Å²) < 4.78 is 0. The Hall–Kier alpha value is -1.00. The van der Waals surface area contributed by atoms with Crippen molar-refractivity contribution in [1.29, 1.82) is 0 Å². The van der Waals surface area contributed by atoms with Gasteiger partial charge in [-0.25, -0.2) is 0 Å². The lowest BCUT2D eigenvalue weighted by Crippen LogP contribution is -2.47. The van der Waals surface area contributed by atoms with Gasteiger partial charge in [0.15, 0.2) is 0 Å². The lowest BCUT2D eigenvalue weighted by atomic mass is 9.99. The highest BCUT2D eigenvalue weighted by atomic mass is 32.2. The van der Waals surface area contributed by atoms with Crippen LogP contribution >= 0.6 is 11.8 Å². The van der Waals surface area contributed by atoms with Gasteiger partial charge < -0.3 is 10.6 Å². The second kappa shape index (κ2) is 5.10. The van der Waals surface area contributed by atoms with E-state index in [9.17, 15) is 4.79 Å². The van der Waals surface area contributed by atoms with E-state index in [4.69, 9.17) is 0 Å². The van der Waals surface area contributed by atoms with E-state index >= 15 is 0 Å². The molecule has 17 heavy (non-hydrogen) atoms. The van der Waals surface area contributed by atoms with Gasteiger partial charge in [0, 0.05) is 10.6 Å². The minimum Gasteiger partial charge on any atom is -0.324 e. The number of anilines is 1. The van der Waals surface area contributed by atoms with E-state index in [0.717, 1.165) is 30.0 Å². The molecule has 1 heterocycles. The first-order valence-corrected chi connectivity index (χ1v) is 7.07. The van der Waals surface area contributed by atoms with Crippen molar-refractivity contribution in [1.82, 2.24) is 5.32 Å². The van der Waals surface area contributed by atoms with Crippen molar-refractivity contribution >= 4 is 23.4 Å². The lowest BCUT2D eigenvalue weighted by Gasteiger charge is -2.23. The first-order chi connectivity index (χ1) is 8.14. The average Bonchev–Trinajstić information content (AvgIpc) is 2.78. The van der Waals surface area contributed by atoms with Gasteiger partial charge in [0.05, 0.1) is 5.54 Å². The molecule has 0 aliphatic carbocycles. The number of rotatable bonds is 3. The molecule has 1 amide bonds. The molecule has 1 aromatic rings. The molecule has 2 N–H and O–H groups in total. The van der Waals surface area contributed by atoms with Crippen LogP contribution in [0.5, 0.6) is 0 Å². The Kier molecular flexibility index (Phi) is 3.74. The summed E-state index contributed by atoms with van der Waals surface area (Å²) in [6.45, 7) is 2.89. The van der Waals surface area contributed by atoms with Crippen molar-refractivity contribution < 1.29 is 4.79 Å². The molecule has 1 aliphatic heterocycles. The monoisotopic (exact) mass is 250 g/mol. The molecule has 3 nitrogen and oxygen atoms in total. The third kappa shape index (κ3) is 2.82. The minimum absolute atomic E-state index is 0.0632. The predicted octanol–water partition coefficient (Wildman–Crippen LogP) is 2.49.